The normalized spacial score (nSPS) is 22.0. The highest BCUT2D eigenvalue weighted by Crippen LogP contribution is 2.33. The molecule has 1 atom stereocenters. The number of nitrogens with zero attached hydrogens (tertiary/aromatic N) is 1. The highest BCUT2D eigenvalue weighted by Gasteiger charge is 2.38. The van der Waals surface area contributed by atoms with E-state index in [9.17, 15) is 5.11 Å². The highest BCUT2D eigenvalue weighted by atomic mass is 16.6. The second kappa shape index (κ2) is 5.72. The minimum absolute atomic E-state index is 0.587. The van der Waals surface area contributed by atoms with Gasteiger partial charge in [-0.2, -0.15) is 0 Å². The fourth-order valence-corrected chi connectivity index (χ4v) is 2.63. The molecule has 1 aromatic rings. The second-order valence-corrected chi connectivity index (χ2v) is 5.11. The number of ether oxygens (including phenoxy) is 1. The number of benzene rings is 1. The van der Waals surface area contributed by atoms with Gasteiger partial charge in [-0.1, -0.05) is 32.0 Å². The maximum absolute atomic E-state index is 10.6. The highest BCUT2D eigenvalue weighted by molar-refractivity contribution is 5.38. The number of rotatable bonds is 6. The van der Waals surface area contributed by atoms with Crippen molar-refractivity contribution in [3.8, 4) is 5.75 Å². The van der Waals surface area contributed by atoms with Crippen LogP contribution in [0.15, 0.2) is 24.3 Å². The van der Waals surface area contributed by atoms with Crippen LogP contribution in [-0.2, 0) is 6.42 Å². The number of fused-ring (bicyclic) bond motifs is 1. The Labute approximate surface area is 109 Å². The molecule has 0 saturated carbocycles. The summed E-state index contributed by atoms with van der Waals surface area (Å²) >= 11 is 0. The van der Waals surface area contributed by atoms with Crippen molar-refractivity contribution in [1.29, 1.82) is 0 Å². The van der Waals surface area contributed by atoms with E-state index in [0.717, 1.165) is 37.2 Å². The molecule has 0 aliphatic carbocycles. The molecule has 0 spiro atoms. The van der Waals surface area contributed by atoms with Gasteiger partial charge in [0.1, 0.15) is 5.75 Å². The minimum Gasteiger partial charge on any atom is -0.461 e. The fraction of sp³-hybridized carbons (Fsp3) is 0.600. The molecule has 0 radical (unpaired) electrons. The summed E-state index contributed by atoms with van der Waals surface area (Å²) < 4.78 is 5.73. The Kier molecular flexibility index (Phi) is 4.25. The lowest BCUT2D eigenvalue weighted by atomic mass is 10.1. The van der Waals surface area contributed by atoms with Crippen LogP contribution in [0.3, 0.4) is 0 Å². The summed E-state index contributed by atoms with van der Waals surface area (Å²) in [4.78, 5) is 2.28. The average Bonchev–Trinajstić information content (AvgIpc) is 2.65. The van der Waals surface area contributed by atoms with Crippen LogP contribution in [0.2, 0.25) is 0 Å². The Morgan fingerprint density at radius 3 is 2.50 bits per heavy atom. The van der Waals surface area contributed by atoms with E-state index in [1.54, 1.807) is 0 Å². The van der Waals surface area contributed by atoms with Crippen molar-refractivity contribution < 1.29 is 9.84 Å². The zero-order valence-electron chi connectivity index (χ0n) is 11.4. The largest absolute Gasteiger partial charge is 0.461 e. The Bertz CT molecular complexity index is 361. The van der Waals surface area contributed by atoms with Gasteiger partial charge in [0.25, 0.3) is 0 Å². The van der Waals surface area contributed by atoms with Crippen LogP contribution in [0.5, 0.6) is 5.75 Å². The summed E-state index contributed by atoms with van der Waals surface area (Å²) in [6.45, 7) is 6.93. The standard InChI is InChI=1S/C15H23NO2/c1-3-9-16(10-4-2)12-15(17)11-13-7-5-6-8-14(13)18-15/h5-8,17H,3-4,9-12H2,1-2H3. The number of hydrogen-bond donors (Lipinski definition) is 1. The van der Waals surface area contributed by atoms with Crippen LogP contribution in [0, 0.1) is 0 Å². The van der Waals surface area contributed by atoms with Gasteiger partial charge in [-0.15, -0.1) is 0 Å². The predicted octanol–water partition coefficient (Wildman–Crippen LogP) is 2.43. The summed E-state index contributed by atoms with van der Waals surface area (Å²) in [7, 11) is 0. The van der Waals surface area contributed by atoms with Gasteiger partial charge in [0.05, 0.1) is 6.54 Å². The SMILES string of the molecule is CCCN(CCC)CC1(O)Cc2ccccc2O1. The first-order chi connectivity index (χ1) is 8.67. The number of hydrogen-bond acceptors (Lipinski definition) is 3. The molecule has 0 fully saturated rings. The smallest absolute Gasteiger partial charge is 0.225 e. The van der Waals surface area contributed by atoms with Gasteiger partial charge in [0.2, 0.25) is 5.79 Å². The van der Waals surface area contributed by atoms with Crippen molar-refractivity contribution >= 4 is 0 Å². The van der Waals surface area contributed by atoms with E-state index in [1.807, 2.05) is 24.3 Å². The second-order valence-electron chi connectivity index (χ2n) is 5.11. The van der Waals surface area contributed by atoms with Gasteiger partial charge in [0, 0.05) is 12.0 Å². The van der Waals surface area contributed by atoms with E-state index in [4.69, 9.17) is 4.74 Å². The molecule has 2 rings (SSSR count). The summed E-state index contributed by atoms with van der Waals surface area (Å²) in [5.41, 5.74) is 1.10. The lowest BCUT2D eigenvalue weighted by Gasteiger charge is -2.30. The van der Waals surface area contributed by atoms with Gasteiger partial charge in [-0.05, 0) is 32.0 Å². The zero-order valence-corrected chi connectivity index (χ0v) is 11.4. The Morgan fingerprint density at radius 2 is 1.89 bits per heavy atom. The molecule has 1 N–H and O–H groups in total. The van der Waals surface area contributed by atoms with E-state index >= 15 is 0 Å². The molecule has 3 nitrogen and oxygen atoms in total. The number of para-hydroxylation sites is 1. The molecule has 1 aliphatic rings. The van der Waals surface area contributed by atoms with Crippen LogP contribution in [-0.4, -0.2) is 35.4 Å². The van der Waals surface area contributed by atoms with Crippen molar-refractivity contribution in [1.82, 2.24) is 4.90 Å². The summed E-state index contributed by atoms with van der Waals surface area (Å²) in [6.07, 6.45) is 2.79. The molecule has 18 heavy (non-hydrogen) atoms. The van der Waals surface area contributed by atoms with Crippen molar-refractivity contribution in [3.05, 3.63) is 29.8 Å². The molecule has 0 saturated heterocycles. The molecule has 1 aliphatic heterocycles. The van der Waals surface area contributed by atoms with Gasteiger partial charge in [-0.25, -0.2) is 0 Å². The first-order valence-electron chi connectivity index (χ1n) is 6.88. The molecule has 100 valence electrons. The topological polar surface area (TPSA) is 32.7 Å². The first kappa shape index (κ1) is 13.4. The molecule has 1 heterocycles. The average molecular weight is 249 g/mol. The minimum atomic E-state index is -1.05. The first-order valence-corrected chi connectivity index (χ1v) is 6.88. The molecule has 3 heteroatoms. The zero-order chi connectivity index (χ0) is 13.0. The van der Waals surface area contributed by atoms with Crippen molar-refractivity contribution in [3.63, 3.8) is 0 Å². The van der Waals surface area contributed by atoms with E-state index < -0.39 is 5.79 Å². The van der Waals surface area contributed by atoms with Crippen LogP contribution in [0.25, 0.3) is 0 Å². The van der Waals surface area contributed by atoms with E-state index in [0.29, 0.717) is 13.0 Å². The maximum Gasteiger partial charge on any atom is 0.225 e. The van der Waals surface area contributed by atoms with Gasteiger partial charge < -0.3 is 9.84 Å². The van der Waals surface area contributed by atoms with E-state index in [-0.39, 0.29) is 0 Å². The third kappa shape index (κ3) is 3.03. The van der Waals surface area contributed by atoms with Crippen LogP contribution < -0.4 is 4.74 Å². The van der Waals surface area contributed by atoms with Crippen molar-refractivity contribution in [2.75, 3.05) is 19.6 Å². The molecule has 1 aromatic carbocycles. The van der Waals surface area contributed by atoms with Gasteiger partial charge >= 0.3 is 0 Å². The van der Waals surface area contributed by atoms with Gasteiger partial charge in [0.15, 0.2) is 0 Å². The molecule has 1 unspecified atom stereocenters. The Morgan fingerprint density at radius 1 is 1.22 bits per heavy atom. The Balaban J connectivity index is 2.01. The summed E-state index contributed by atoms with van der Waals surface area (Å²) in [5.74, 6) is -0.221. The van der Waals surface area contributed by atoms with Crippen molar-refractivity contribution in [2.24, 2.45) is 0 Å². The van der Waals surface area contributed by atoms with E-state index in [2.05, 4.69) is 18.7 Å². The molecule has 0 aromatic heterocycles. The van der Waals surface area contributed by atoms with Crippen molar-refractivity contribution in [2.45, 2.75) is 38.9 Å². The summed E-state index contributed by atoms with van der Waals surface area (Å²) in [5, 5.41) is 10.6. The predicted molar refractivity (Wildman–Crippen MR) is 72.7 cm³/mol. The summed E-state index contributed by atoms with van der Waals surface area (Å²) in [6, 6.07) is 7.89. The van der Waals surface area contributed by atoms with Gasteiger partial charge in [-0.3, -0.25) is 4.90 Å². The molecule has 0 amide bonds. The van der Waals surface area contributed by atoms with Crippen LogP contribution >= 0.6 is 0 Å². The Hall–Kier alpha value is -1.06. The lowest BCUT2D eigenvalue weighted by molar-refractivity contribution is -0.137. The lowest BCUT2D eigenvalue weighted by Crippen LogP contribution is -2.47. The van der Waals surface area contributed by atoms with E-state index in [1.165, 1.54) is 0 Å². The van der Waals surface area contributed by atoms with Crippen LogP contribution in [0.1, 0.15) is 32.3 Å². The maximum atomic E-state index is 10.6. The third-order valence-corrected chi connectivity index (χ3v) is 3.29. The molecular weight excluding hydrogens is 226 g/mol. The monoisotopic (exact) mass is 249 g/mol. The fourth-order valence-electron chi connectivity index (χ4n) is 2.63. The third-order valence-electron chi connectivity index (χ3n) is 3.29. The molecular formula is C15H23NO2. The van der Waals surface area contributed by atoms with Crippen LogP contribution in [0.4, 0.5) is 0 Å². The quantitative estimate of drug-likeness (QED) is 0.840. The number of aliphatic hydroxyl groups is 1. The molecule has 0 bridgehead atoms.